The molecule has 0 aliphatic carbocycles. The maximum atomic E-state index is 12.5. The molecule has 2 aromatic heterocycles. The molecule has 1 amide bonds. The zero-order valence-corrected chi connectivity index (χ0v) is 19.5. The third-order valence-corrected chi connectivity index (χ3v) is 5.63. The second-order valence-electron chi connectivity index (χ2n) is 8.71. The predicted molar refractivity (Wildman–Crippen MR) is 123 cm³/mol. The molecule has 0 saturated carbocycles. The summed E-state index contributed by atoms with van der Waals surface area (Å²) < 4.78 is 18.7. The molecule has 1 aliphatic heterocycles. The first-order valence-corrected chi connectivity index (χ1v) is 10.7. The van der Waals surface area contributed by atoms with Gasteiger partial charge >= 0.3 is 5.97 Å². The van der Waals surface area contributed by atoms with Crippen LogP contribution in [-0.4, -0.2) is 55.9 Å². The number of primary amides is 1. The Hall–Kier alpha value is -3.62. The van der Waals surface area contributed by atoms with Crippen LogP contribution in [0.25, 0.3) is 11.0 Å². The Labute approximate surface area is 197 Å². The fourth-order valence-electron chi connectivity index (χ4n) is 3.58. The van der Waals surface area contributed by atoms with Crippen LogP contribution in [0.2, 0.25) is 0 Å². The zero-order chi connectivity index (χ0) is 25.4. The van der Waals surface area contributed by atoms with Crippen LogP contribution in [0.5, 0.6) is 0 Å². The van der Waals surface area contributed by atoms with Crippen molar-refractivity contribution in [3.8, 4) is 12.3 Å². The van der Waals surface area contributed by atoms with Gasteiger partial charge in [-0.1, -0.05) is 40.2 Å². The van der Waals surface area contributed by atoms with Gasteiger partial charge in [0.25, 0.3) is 5.91 Å². The molecule has 0 bridgehead atoms. The van der Waals surface area contributed by atoms with Crippen LogP contribution in [0.4, 0.5) is 5.82 Å². The Morgan fingerprint density at radius 2 is 2.03 bits per heavy atom. The molecule has 34 heavy (non-hydrogen) atoms. The Bertz CT molecular complexity index is 1170. The number of nitrogens with zero attached hydrogens (tertiary/aromatic N) is 3. The molecular formula is C23H29N5O6. The Morgan fingerprint density at radius 1 is 1.35 bits per heavy atom. The van der Waals surface area contributed by atoms with Gasteiger partial charge < -0.3 is 35.4 Å². The number of nitrogens with two attached hydrogens (primary N) is 2. The van der Waals surface area contributed by atoms with E-state index in [9.17, 15) is 14.7 Å². The predicted octanol–water partition coefficient (Wildman–Crippen LogP) is 1.13. The van der Waals surface area contributed by atoms with Crippen molar-refractivity contribution in [2.45, 2.75) is 51.7 Å². The van der Waals surface area contributed by atoms with Crippen molar-refractivity contribution in [3.05, 3.63) is 30.4 Å². The summed E-state index contributed by atoms with van der Waals surface area (Å²) in [5, 5.41) is 11.8. The lowest BCUT2D eigenvalue weighted by Gasteiger charge is -2.29. The van der Waals surface area contributed by atoms with Crippen LogP contribution in [0.1, 0.15) is 44.3 Å². The first kappa shape index (κ1) is 25.0. The zero-order valence-electron chi connectivity index (χ0n) is 19.5. The van der Waals surface area contributed by atoms with Gasteiger partial charge in [-0.05, 0) is 0 Å². The fraction of sp³-hybridized carbons (Fsp3) is 0.478. The maximum absolute atomic E-state index is 12.5. The highest BCUT2D eigenvalue weighted by atomic mass is 16.6. The minimum Gasteiger partial charge on any atom is -0.495 e. The standard InChI is InChI=1S/C23H29N5O6/c1-7-23(31)17(34-21(30)12(4)5)15(9-32-13(6)11(2)3)33-22(23)28-8-14(19(25)29)16-18(24)26-10-27-20(16)28/h1,8,10-12,15,17,22,31H,6,9H2,2-5H3,(H2,25,29)(H2,24,26,27)/t15-,17-,22-,23-/m1/s1. The number of aromatic nitrogens is 3. The van der Waals surface area contributed by atoms with Crippen molar-refractivity contribution in [2.24, 2.45) is 17.6 Å². The smallest absolute Gasteiger partial charge is 0.308 e. The summed E-state index contributed by atoms with van der Waals surface area (Å²) in [7, 11) is 0. The second-order valence-corrected chi connectivity index (χ2v) is 8.71. The van der Waals surface area contributed by atoms with Crippen LogP contribution >= 0.6 is 0 Å². The topological polar surface area (TPSA) is 165 Å². The van der Waals surface area contributed by atoms with Crippen LogP contribution in [0, 0.1) is 24.2 Å². The number of allylic oxidation sites excluding steroid dienone is 1. The van der Waals surface area contributed by atoms with E-state index in [-0.39, 0.29) is 34.9 Å². The summed E-state index contributed by atoms with van der Waals surface area (Å²) in [4.78, 5) is 32.6. The van der Waals surface area contributed by atoms with Crippen LogP contribution in [0.15, 0.2) is 24.9 Å². The van der Waals surface area contributed by atoms with E-state index in [1.807, 2.05) is 13.8 Å². The molecule has 11 nitrogen and oxygen atoms in total. The molecule has 3 heterocycles. The third kappa shape index (κ3) is 4.30. The summed E-state index contributed by atoms with van der Waals surface area (Å²) >= 11 is 0. The van der Waals surface area contributed by atoms with Crippen LogP contribution in [0.3, 0.4) is 0 Å². The Kier molecular flexibility index (Phi) is 6.86. The minimum absolute atomic E-state index is 0.00990. The molecule has 3 rings (SSSR count). The lowest BCUT2D eigenvalue weighted by atomic mass is 9.94. The highest BCUT2D eigenvalue weighted by Crippen LogP contribution is 2.43. The number of carbonyl (C=O) groups excluding carboxylic acids is 2. The number of rotatable bonds is 8. The van der Waals surface area contributed by atoms with Gasteiger partial charge in [0.05, 0.1) is 22.6 Å². The van der Waals surface area contributed by atoms with Crippen LogP contribution in [-0.2, 0) is 19.0 Å². The Balaban J connectivity index is 2.11. The van der Waals surface area contributed by atoms with E-state index in [2.05, 4.69) is 22.5 Å². The summed E-state index contributed by atoms with van der Waals surface area (Å²) in [6, 6.07) is 0. The van der Waals surface area contributed by atoms with E-state index >= 15 is 0 Å². The number of ether oxygens (including phenoxy) is 3. The van der Waals surface area contributed by atoms with Gasteiger partial charge in [0, 0.05) is 12.1 Å². The molecule has 11 heteroatoms. The minimum atomic E-state index is -2.15. The van der Waals surface area contributed by atoms with E-state index in [1.165, 1.54) is 17.1 Å². The fourth-order valence-corrected chi connectivity index (χ4v) is 3.58. The van der Waals surface area contributed by atoms with Gasteiger partial charge in [-0.25, -0.2) is 9.97 Å². The third-order valence-electron chi connectivity index (χ3n) is 5.63. The van der Waals surface area contributed by atoms with Gasteiger partial charge in [0.1, 0.15) is 30.5 Å². The molecular weight excluding hydrogens is 442 g/mol. The highest BCUT2D eigenvalue weighted by molar-refractivity contribution is 6.08. The van der Waals surface area contributed by atoms with E-state index in [1.54, 1.807) is 13.8 Å². The van der Waals surface area contributed by atoms with E-state index in [0.717, 1.165) is 0 Å². The molecule has 2 aromatic rings. The van der Waals surface area contributed by atoms with E-state index in [4.69, 9.17) is 32.1 Å². The van der Waals surface area contributed by atoms with Crippen molar-refractivity contribution in [3.63, 3.8) is 0 Å². The average Bonchev–Trinajstić information content (AvgIpc) is 3.29. The highest BCUT2D eigenvalue weighted by Gasteiger charge is 2.59. The van der Waals surface area contributed by atoms with Gasteiger partial charge in [-0.3, -0.25) is 9.59 Å². The van der Waals surface area contributed by atoms with Gasteiger partial charge in [-0.2, -0.15) is 0 Å². The number of esters is 1. The number of hydrogen-bond donors (Lipinski definition) is 3. The quantitative estimate of drug-likeness (QED) is 0.291. The molecule has 0 unspecified atom stereocenters. The van der Waals surface area contributed by atoms with Gasteiger partial charge in [0.2, 0.25) is 5.60 Å². The second kappa shape index (κ2) is 9.32. The molecule has 0 spiro atoms. The van der Waals surface area contributed by atoms with Gasteiger partial charge in [0.15, 0.2) is 12.3 Å². The van der Waals surface area contributed by atoms with Crippen molar-refractivity contribution >= 4 is 28.7 Å². The molecule has 1 aliphatic rings. The number of nitrogen functional groups attached to an aromatic ring is 1. The molecule has 1 saturated heterocycles. The molecule has 182 valence electrons. The molecule has 0 aromatic carbocycles. The number of anilines is 1. The number of amides is 1. The lowest BCUT2D eigenvalue weighted by Crippen LogP contribution is -2.49. The summed E-state index contributed by atoms with van der Waals surface area (Å²) in [6.45, 7) is 10.8. The van der Waals surface area contributed by atoms with Crippen molar-refractivity contribution < 1.29 is 28.9 Å². The normalized spacial score (nSPS) is 24.4. The van der Waals surface area contributed by atoms with Gasteiger partial charge in [-0.15, -0.1) is 6.42 Å². The SMILES string of the molecule is C#C[C@@]1(O)[C@H](OC(=O)C(C)C)[C@@H](COC(=C)C(C)C)O[C@H]1n1cc(C(N)=O)c2c(N)ncnc21. The maximum Gasteiger partial charge on any atom is 0.308 e. The lowest BCUT2D eigenvalue weighted by molar-refractivity contribution is -0.164. The molecule has 5 N–H and O–H groups in total. The molecule has 1 fully saturated rings. The number of hydrogen-bond acceptors (Lipinski definition) is 9. The summed E-state index contributed by atoms with van der Waals surface area (Å²) in [5.41, 5.74) is 9.49. The Morgan fingerprint density at radius 3 is 2.59 bits per heavy atom. The monoisotopic (exact) mass is 471 g/mol. The molecule has 4 atom stereocenters. The number of carbonyl (C=O) groups is 2. The summed E-state index contributed by atoms with van der Waals surface area (Å²) in [5.74, 6) is 0.949. The molecule has 0 radical (unpaired) electrons. The van der Waals surface area contributed by atoms with E-state index < -0.39 is 41.8 Å². The first-order valence-electron chi connectivity index (χ1n) is 10.7. The number of aliphatic hydroxyl groups is 1. The van der Waals surface area contributed by atoms with Crippen molar-refractivity contribution in [1.82, 2.24) is 14.5 Å². The first-order chi connectivity index (χ1) is 15.9. The average molecular weight is 472 g/mol. The summed E-state index contributed by atoms with van der Waals surface area (Å²) in [6.07, 6.45) is 4.66. The van der Waals surface area contributed by atoms with Crippen molar-refractivity contribution in [2.75, 3.05) is 12.3 Å². The number of terminal acetylenes is 1. The number of fused-ring (bicyclic) bond motifs is 1. The van der Waals surface area contributed by atoms with Crippen LogP contribution < -0.4 is 11.5 Å². The van der Waals surface area contributed by atoms with Crippen molar-refractivity contribution in [1.29, 1.82) is 0 Å². The largest absolute Gasteiger partial charge is 0.495 e. The van der Waals surface area contributed by atoms with E-state index in [0.29, 0.717) is 5.76 Å².